The van der Waals surface area contributed by atoms with Crippen LogP contribution in [0.15, 0.2) is 42.5 Å². The topological polar surface area (TPSA) is 58.2 Å². The van der Waals surface area contributed by atoms with Gasteiger partial charge in [-0.05, 0) is 55.0 Å². The Labute approximate surface area is 147 Å². The summed E-state index contributed by atoms with van der Waals surface area (Å²) in [5, 5.41) is 5.50. The lowest BCUT2D eigenvalue weighted by molar-refractivity contribution is -0.115. The van der Waals surface area contributed by atoms with Gasteiger partial charge >= 0.3 is 0 Å². The molecule has 0 aliphatic rings. The molecule has 0 aromatic heterocycles. The lowest BCUT2D eigenvalue weighted by Crippen LogP contribution is -2.33. The highest BCUT2D eigenvalue weighted by atomic mass is 32.2. The summed E-state index contributed by atoms with van der Waals surface area (Å²) in [6.07, 6.45) is 2.02. The molecule has 2 N–H and O–H groups in total. The number of anilines is 1. The normalized spacial score (nSPS) is 10.3. The summed E-state index contributed by atoms with van der Waals surface area (Å²) in [7, 11) is 0. The highest BCUT2D eigenvalue weighted by Gasteiger charge is 2.10. The van der Waals surface area contributed by atoms with Gasteiger partial charge in [-0.15, -0.1) is 0 Å². The third kappa shape index (κ3) is 4.86. The molecule has 0 fully saturated rings. The quantitative estimate of drug-likeness (QED) is 0.844. The predicted molar refractivity (Wildman–Crippen MR) is 101 cm³/mol. The maximum absolute atomic E-state index is 12.2. The van der Waals surface area contributed by atoms with Gasteiger partial charge in [0.15, 0.2) is 0 Å². The van der Waals surface area contributed by atoms with Crippen molar-refractivity contribution >= 4 is 29.3 Å². The zero-order valence-electron chi connectivity index (χ0n) is 14.2. The summed E-state index contributed by atoms with van der Waals surface area (Å²) < 4.78 is 0. The molecule has 126 valence electrons. The molecule has 0 unspecified atom stereocenters. The first-order valence-electron chi connectivity index (χ1n) is 7.73. The van der Waals surface area contributed by atoms with Crippen LogP contribution in [0.4, 0.5) is 5.69 Å². The van der Waals surface area contributed by atoms with E-state index in [0.717, 1.165) is 28.1 Å². The van der Waals surface area contributed by atoms with E-state index in [1.54, 1.807) is 17.8 Å². The fourth-order valence-electron chi connectivity index (χ4n) is 2.31. The van der Waals surface area contributed by atoms with Gasteiger partial charge in [-0.2, -0.15) is 11.8 Å². The zero-order valence-corrected chi connectivity index (χ0v) is 15.0. The van der Waals surface area contributed by atoms with Gasteiger partial charge in [-0.3, -0.25) is 9.59 Å². The molecule has 2 aromatic rings. The van der Waals surface area contributed by atoms with Crippen LogP contribution < -0.4 is 10.6 Å². The van der Waals surface area contributed by atoms with Crippen molar-refractivity contribution in [2.24, 2.45) is 0 Å². The van der Waals surface area contributed by atoms with Gasteiger partial charge in [0.2, 0.25) is 5.91 Å². The monoisotopic (exact) mass is 342 g/mol. The van der Waals surface area contributed by atoms with Crippen molar-refractivity contribution in [2.45, 2.75) is 19.6 Å². The van der Waals surface area contributed by atoms with Crippen LogP contribution in [0.3, 0.4) is 0 Å². The maximum Gasteiger partial charge on any atom is 0.251 e. The SMILES string of the molecule is CSCc1cccc(C(=O)NCC(=O)Nc2cccc(C)c2C)c1. The number of hydrogen-bond donors (Lipinski definition) is 2. The molecule has 5 heteroatoms. The van der Waals surface area contributed by atoms with Crippen molar-refractivity contribution in [3.05, 3.63) is 64.7 Å². The number of hydrogen-bond acceptors (Lipinski definition) is 3. The maximum atomic E-state index is 12.2. The van der Waals surface area contributed by atoms with E-state index >= 15 is 0 Å². The number of carbonyl (C=O) groups excluding carboxylic acids is 2. The van der Waals surface area contributed by atoms with E-state index in [2.05, 4.69) is 10.6 Å². The van der Waals surface area contributed by atoms with Crippen LogP contribution in [-0.4, -0.2) is 24.6 Å². The summed E-state index contributed by atoms with van der Waals surface area (Å²) in [5.41, 5.74) is 4.58. The van der Waals surface area contributed by atoms with Gasteiger partial charge < -0.3 is 10.6 Å². The Balaban J connectivity index is 1.92. The Kier molecular flexibility index (Phi) is 6.44. The van der Waals surface area contributed by atoms with Gasteiger partial charge in [-0.1, -0.05) is 24.3 Å². The molecule has 0 aliphatic carbocycles. The van der Waals surface area contributed by atoms with Crippen LogP contribution in [-0.2, 0) is 10.5 Å². The lowest BCUT2D eigenvalue weighted by atomic mass is 10.1. The summed E-state index contributed by atoms with van der Waals surface area (Å²) in [6.45, 7) is 3.90. The number of benzene rings is 2. The predicted octanol–water partition coefficient (Wildman–Crippen LogP) is 3.53. The van der Waals surface area contributed by atoms with Crippen molar-refractivity contribution < 1.29 is 9.59 Å². The molecular weight excluding hydrogens is 320 g/mol. The number of thioether (sulfide) groups is 1. The number of nitrogens with one attached hydrogen (secondary N) is 2. The number of amides is 2. The Bertz CT molecular complexity index is 744. The second-order valence-electron chi connectivity index (χ2n) is 5.61. The van der Waals surface area contributed by atoms with Gasteiger partial charge in [0.1, 0.15) is 0 Å². The van der Waals surface area contributed by atoms with E-state index in [1.165, 1.54) is 0 Å². The van der Waals surface area contributed by atoms with Crippen molar-refractivity contribution in [3.63, 3.8) is 0 Å². The minimum absolute atomic E-state index is 0.0566. The lowest BCUT2D eigenvalue weighted by Gasteiger charge is -2.11. The molecule has 0 heterocycles. The molecule has 0 aliphatic heterocycles. The van der Waals surface area contributed by atoms with E-state index in [-0.39, 0.29) is 18.4 Å². The van der Waals surface area contributed by atoms with Crippen LogP contribution in [0.25, 0.3) is 0 Å². The first-order valence-corrected chi connectivity index (χ1v) is 9.13. The molecule has 0 radical (unpaired) electrons. The van der Waals surface area contributed by atoms with Gasteiger partial charge in [-0.25, -0.2) is 0 Å². The zero-order chi connectivity index (χ0) is 17.5. The van der Waals surface area contributed by atoms with E-state index in [0.29, 0.717) is 5.56 Å². The molecule has 24 heavy (non-hydrogen) atoms. The van der Waals surface area contributed by atoms with Crippen LogP contribution in [0.1, 0.15) is 27.0 Å². The average molecular weight is 342 g/mol. The summed E-state index contributed by atoms with van der Waals surface area (Å²) >= 11 is 1.70. The molecular formula is C19H22N2O2S. The second-order valence-corrected chi connectivity index (χ2v) is 6.48. The van der Waals surface area contributed by atoms with Crippen molar-refractivity contribution in [1.29, 1.82) is 0 Å². The van der Waals surface area contributed by atoms with Gasteiger partial charge in [0.25, 0.3) is 5.91 Å². The fraction of sp³-hybridized carbons (Fsp3) is 0.263. The molecule has 0 bridgehead atoms. The van der Waals surface area contributed by atoms with Crippen molar-refractivity contribution in [2.75, 3.05) is 18.1 Å². The highest BCUT2D eigenvalue weighted by molar-refractivity contribution is 7.97. The first-order chi connectivity index (χ1) is 11.5. The first kappa shape index (κ1) is 18.1. The third-order valence-corrected chi connectivity index (χ3v) is 4.41. The van der Waals surface area contributed by atoms with Crippen LogP contribution in [0, 0.1) is 13.8 Å². The minimum Gasteiger partial charge on any atom is -0.343 e. The fourth-order valence-corrected chi connectivity index (χ4v) is 2.83. The Morgan fingerprint density at radius 3 is 2.58 bits per heavy atom. The van der Waals surface area contributed by atoms with Crippen LogP contribution in [0.5, 0.6) is 0 Å². The molecule has 4 nitrogen and oxygen atoms in total. The Hall–Kier alpha value is -2.27. The minimum atomic E-state index is -0.242. The summed E-state index contributed by atoms with van der Waals surface area (Å²) in [6, 6.07) is 13.2. The van der Waals surface area contributed by atoms with Crippen molar-refractivity contribution in [3.8, 4) is 0 Å². The molecule has 2 aromatic carbocycles. The number of rotatable bonds is 6. The van der Waals surface area contributed by atoms with Crippen LogP contribution in [0.2, 0.25) is 0 Å². The summed E-state index contributed by atoms with van der Waals surface area (Å²) in [4.78, 5) is 24.2. The third-order valence-electron chi connectivity index (χ3n) is 3.79. The van der Waals surface area contributed by atoms with Crippen molar-refractivity contribution in [1.82, 2.24) is 5.32 Å². The standard InChI is InChI=1S/C19H22N2O2S/c1-13-6-4-9-17(14(13)2)21-18(22)11-20-19(23)16-8-5-7-15(10-16)12-24-3/h4-10H,11-12H2,1-3H3,(H,20,23)(H,21,22). The van der Waals surface area contributed by atoms with E-state index in [1.807, 2.05) is 56.5 Å². The molecule has 2 rings (SSSR count). The molecule has 0 atom stereocenters. The number of carbonyl (C=O) groups is 2. The van der Waals surface area contributed by atoms with Crippen LogP contribution >= 0.6 is 11.8 Å². The smallest absolute Gasteiger partial charge is 0.251 e. The van der Waals surface area contributed by atoms with E-state index in [4.69, 9.17) is 0 Å². The number of aryl methyl sites for hydroxylation is 1. The molecule has 2 amide bonds. The largest absolute Gasteiger partial charge is 0.343 e. The Morgan fingerprint density at radius 2 is 1.83 bits per heavy atom. The molecule has 0 saturated carbocycles. The van der Waals surface area contributed by atoms with Gasteiger partial charge in [0.05, 0.1) is 6.54 Å². The van der Waals surface area contributed by atoms with E-state index in [9.17, 15) is 9.59 Å². The van der Waals surface area contributed by atoms with Gasteiger partial charge in [0, 0.05) is 17.0 Å². The molecule has 0 saturated heterocycles. The average Bonchev–Trinajstić information content (AvgIpc) is 2.57. The molecule has 0 spiro atoms. The summed E-state index contributed by atoms with van der Waals surface area (Å²) in [5.74, 6) is 0.375. The Morgan fingerprint density at radius 1 is 1.08 bits per heavy atom. The second kappa shape index (κ2) is 8.55. The highest BCUT2D eigenvalue weighted by Crippen LogP contribution is 2.17. The van der Waals surface area contributed by atoms with E-state index < -0.39 is 0 Å².